The summed E-state index contributed by atoms with van der Waals surface area (Å²) in [6.45, 7) is 4.08. The van der Waals surface area contributed by atoms with Crippen molar-refractivity contribution in [1.29, 1.82) is 0 Å². The van der Waals surface area contributed by atoms with Gasteiger partial charge < -0.3 is 15.2 Å². The maximum Gasteiger partial charge on any atom is 0.180 e. The van der Waals surface area contributed by atoms with E-state index in [-0.39, 0.29) is 6.79 Å². The zero-order chi connectivity index (χ0) is 19.3. The summed E-state index contributed by atoms with van der Waals surface area (Å²) in [4.78, 5) is 20.5. The Balaban J connectivity index is 1.67. The number of thiol groups is 2. The van der Waals surface area contributed by atoms with Crippen LogP contribution in [-0.4, -0.2) is 69.1 Å². The van der Waals surface area contributed by atoms with Crippen molar-refractivity contribution in [1.82, 2.24) is 22.8 Å². The fraction of sp³-hybridized carbons (Fsp3) is 0.600. The number of nitrogens with two attached hydrogens (primary N) is 1. The molecule has 10 nitrogen and oxygen atoms in total. The Bertz CT molecular complexity index is 599. The van der Waals surface area contributed by atoms with Crippen molar-refractivity contribution in [3.05, 3.63) is 36.4 Å². The molecule has 0 spiro atoms. The average Bonchev–Trinajstić information content (AvgIpc) is 3.25. The lowest BCUT2D eigenvalue weighted by Crippen LogP contribution is -2.29. The summed E-state index contributed by atoms with van der Waals surface area (Å²) in [6.07, 6.45) is 7.01. The van der Waals surface area contributed by atoms with Gasteiger partial charge in [-0.2, -0.15) is 0 Å². The third-order valence-corrected chi connectivity index (χ3v) is 4.19. The lowest BCUT2D eigenvalue weighted by atomic mass is 10.4. The van der Waals surface area contributed by atoms with Gasteiger partial charge in [0.25, 0.3) is 0 Å². The second kappa shape index (κ2) is 13.1. The SMILES string of the molecule is NCCOCOOCCOCCN(Cc1nccn1S)Cc1nccn1S. The molecule has 12 heteroatoms. The Labute approximate surface area is 169 Å². The number of ether oxygens (including phenoxy) is 2. The molecule has 2 rings (SSSR count). The second-order valence-electron chi connectivity index (χ2n) is 5.45. The second-order valence-corrected chi connectivity index (χ2v) is 6.32. The topological polar surface area (TPSA) is 102 Å². The zero-order valence-corrected chi connectivity index (χ0v) is 16.8. The third-order valence-electron chi connectivity index (χ3n) is 3.46. The molecule has 27 heavy (non-hydrogen) atoms. The highest BCUT2D eigenvalue weighted by atomic mass is 32.1. The van der Waals surface area contributed by atoms with Crippen molar-refractivity contribution in [3.8, 4) is 0 Å². The largest absolute Gasteiger partial charge is 0.378 e. The number of hydrogen-bond acceptors (Lipinski definition) is 10. The van der Waals surface area contributed by atoms with E-state index in [0.717, 1.165) is 11.6 Å². The molecule has 152 valence electrons. The van der Waals surface area contributed by atoms with E-state index in [9.17, 15) is 0 Å². The van der Waals surface area contributed by atoms with Crippen LogP contribution in [0.3, 0.4) is 0 Å². The standard InChI is InChI=1S/C15H26N6O4S2/c16-1-7-23-13-25-24-10-9-22-8-6-19(11-14-17-2-4-20(14)26)12-15-18-3-5-21(15)27/h2-5,26-27H,1,6-13,16H2. The highest BCUT2D eigenvalue weighted by Gasteiger charge is 2.13. The third kappa shape index (κ3) is 8.62. The summed E-state index contributed by atoms with van der Waals surface area (Å²) < 4.78 is 14.0. The average molecular weight is 419 g/mol. The highest BCUT2D eigenvalue weighted by Crippen LogP contribution is 2.09. The molecule has 0 amide bonds. The van der Waals surface area contributed by atoms with Crippen LogP contribution < -0.4 is 5.73 Å². The minimum atomic E-state index is 0.0533. The van der Waals surface area contributed by atoms with Gasteiger partial charge in [-0.05, 0) is 0 Å². The molecule has 0 saturated carbocycles. The fourth-order valence-corrected chi connectivity index (χ4v) is 2.50. The lowest BCUT2D eigenvalue weighted by molar-refractivity contribution is -0.339. The normalized spacial score (nSPS) is 11.6. The van der Waals surface area contributed by atoms with Crippen molar-refractivity contribution in [2.45, 2.75) is 13.1 Å². The summed E-state index contributed by atoms with van der Waals surface area (Å²) in [5.41, 5.74) is 5.29. The molecule has 0 aromatic carbocycles. The molecule has 0 aliphatic heterocycles. The quantitative estimate of drug-likeness (QED) is 0.125. The van der Waals surface area contributed by atoms with E-state index in [0.29, 0.717) is 52.6 Å². The van der Waals surface area contributed by atoms with Gasteiger partial charge in [0.05, 0.1) is 32.9 Å². The molecule has 2 aromatic rings. The summed E-state index contributed by atoms with van der Waals surface area (Å²) in [5, 5.41) is 0. The number of hydrogen-bond donors (Lipinski definition) is 3. The Morgan fingerprint density at radius 1 is 0.889 bits per heavy atom. The van der Waals surface area contributed by atoms with Gasteiger partial charge in [-0.15, -0.1) is 0 Å². The fourth-order valence-electron chi connectivity index (χ4n) is 2.15. The molecule has 0 aliphatic rings. The molecule has 0 aliphatic carbocycles. The molecule has 0 fully saturated rings. The minimum Gasteiger partial charge on any atom is -0.378 e. The molecule has 0 unspecified atom stereocenters. The zero-order valence-electron chi connectivity index (χ0n) is 15.0. The summed E-state index contributed by atoms with van der Waals surface area (Å²) in [7, 11) is 0. The van der Waals surface area contributed by atoms with Crippen LogP contribution in [0, 0.1) is 0 Å². The molecule has 0 atom stereocenters. The van der Waals surface area contributed by atoms with Crippen molar-refractivity contribution in [2.24, 2.45) is 5.73 Å². The summed E-state index contributed by atoms with van der Waals surface area (Å²) >= 11 is 8.70. The Morgan fingerprint density at radius 3 is 2.11 bits per heavy atom. The van der Waals surface area contributed by atoms with Gasteiger partial charge >= 0.3 is 0 Å². The first-order chi connectivity index (χ1) is 13.2. The molecular formula is C15H26N6O4S2. The predicted octanol–water partition coefficient (Wildman–Crippen LogP) is 0.365. The first kappa shape index (κ1) is 22.2. The number of rotatable bonds is 15. The van der Waals surface area contributed by atoms with Gasteiger partial charge in [0.2, 0.25) is 0 Å². The van der Waals surface area contributed by atoms with Gasteiger partial charge in [-0.3, -0.25) is 12.8 Å². The first-order valence-electron chi connectivity index (χ1n) is 8.46. The monoisotopic (exact) mass is 418 g/mol. The molecule has 0 bridgehead atoms. The molecule has 2 N–H and O–H groups in total. The summed E-state index contributed by atoms with van der Waals surface area (Å²) in [5.74, 6) is 1.68. The maximum absolute atomic E-state index is 5.59. The van der Waals surface area contributed by atoms with Crippen molar-refractivity contribution >= 4 is 25.6 Å². The van der Waals surface area contributed by atoms with Crippen molar-refractivity contribution in [3.63, 3.8) is 0 Å². The van der Waals surface area contributed by atoms with Gasteiger partial charge in [0, 0.05) is 37.9 Å². The summed E-state index contributed by atoms with van der Waals surface area (Å²) in [6, 6.07) is 0. The lowest BCUT2D eigenvalue weighted by Gasteiger charge is -2.21. The molecule has 0 saturated heterocycles. The maximum atomic E-state index is 5.59. The van der Waals surface area contributed by atoms with E-state index >= 15 is 0 Å². The molecule has 0 radical (unpaired) electrons. The highest BCUT2D eigenvalue weighted by molar-refractivity contribution is 7.78. The van der Waals surface area contributed by atoms with Crippen LogP contribution in [0.1, 0.15) is 11.6 Å². The van der Waals surface area contributed by atoms with E-state index in [1.807, 2.05) is 0 Å². The van der Waals surface area contributed by atoms with Crippen molar-refractivity contribution < 1.29 is 19.2 Å². The van der Waals surface area contributed by atoms with Gasteiger partial charge in [0.1, 0.15) is 18.3 Å². The van der Waals surface area contributed by atoms with Crippen molar-refractivity contribution in [2.75, 3.05) is 46.3 Å². The van der Waals surface area contributed by atoms with Crippen LogP contribution in [0.25, 0.3) is 0 Å². The number of aromatic nitrogens is 4. The van der Waals surface area contributed by atoms with E-state index in [2.05, 4.69) is 40.5 Å². The van der Waals surface area contributed by atoms with E-state index in [1.165, 1.54) is 0 Å². The smallest absolute Gasteiger partial charge is 0.180 e. The Kier molecular flexibility index (Phi) is 10.8. The van der Waals surface area contributed by atoms with E-state index < -0.39 is 0 Å². The van der Waals surface area contributed by atoms with E-state index in [4.69, 9.17) is 25.0 Å². The van der Waals surface area contributed by atoms with Gasteiger partial charge in [0.15, 0.2) is 6.79 Å². The molecular weight excluding hydrogens is 392 g/mol. The number of imidazole rings is 2. The van der Waals surface area contributed by atoms with Gasteiger partial charge in [-0.1, -0.05) is 25.6 Å². The molecule has 2 heterocycles. The predicted molar refractivity (Wildman–Crippen MR) is 105 cm³/mol. The van der Waals surface area contributed by atoms with Crippen LogP contribution >= 0.6 is 25.6 Å². The van der Waals surface area contributed by atoms with Crippen LogP contribution in [0.2, 0.25) is 0 Å². The minimum absolute atomic E-state index is 0.0533. The van der Waals surface area contributed by atoms with Gasteiger partial charge in [-0.25, -0.2) is 19.7 Å². The van der Waals surface area contributed by atoms with Crippen LogP contribution in [0.15, 0.2) is 24.8 Å². The Hall–Kier alpha value is -1.12. The number of nitrogens with zero attached hydrogens (tertiary/aromatic N) is 5. The van der Waals surface area contributed by atoms with E-state index in [1.54, 1.807) is 32.7 Å². The molecule has 2 aromatic heterocycles. The van der Waals surface area contributed by atoms with Crippen LogP contribution in [0.4, 0.5) is 0 Å². The van der Waals surface area contributed by atoms with Crippen LogP contribution in [0.5, 0.6) is 0 Å². The Morgan fingerprint density at radius 2 is 1.56 bits per heavy atom. The first-order valence-corrected chi connectivity index (χ1v) is 9.26. The van der Waals surface area contributed by atoms with Crippen LogP contribution in [-0.2, 0) is 32.3 Å².